The van der Waals surface area contributed by atoms with Gasteiger partial charge in [-0.05, 0) is 47.8 Å². The van der Waals surface area contributed by atoms with E-state index >= 15 is 0 Å². The summed E-state index contributed by atoms with van der Waals surface area (Å²) in [5.41, 5.74) is 7.31. The van der Waals surface area contributed by atoms with Crippen LogP contribution in [0.3, 0.4) is 0 Å². The van der Waals surface area contributed by atoms with Crippen LogP contribution >= 0.6 is 15.9 Å². The summed E-state index contributed by atoms with van der Waals surface area (Å²) in [6, 6.07) is 5.56. The number of oxime groups is 1. The number of carbonyl (C=O) groups excluding carboxylic acids is 1. The number of carbonyl (C=O) groups is 1. The van der Waals surface area contributed by atoms with Crippen LogP contribution in [0.2, 0.25) is 0 Å². The zero-order chi connectivity index (χ0) is 14.7. The van der Waals surface area contributed by atoms with Crippen LogP contribution in [0.1, 0.15) is 35.2 Å². The zero-order valence-corrected chi connectivity index (χ0v) is 12.9. The van der Waals surface area contributed by atoms with Gasteiger partial charge < -0.3 is 16.3 Å². The molecule has 2 atom stereocenters. The molecule has 0 saturated heterocycles. The number of amides is 1. The number of halogens is 1. The maximum Gasteiger partial charge on any atom is 0.252 e. The highest BCUT2D eigenvalue weighted by molar-refractivity contribution is 9.10. The van der Waals surface area contributed by atoms with Gasteiger partial charge in [0.1, 0.15) is 5.84 Å². The lowest BCUT2D eigenvalue weighted by molar-refractivity contribution is 0.0932. The van der Waals surface area contributed by atoms with Crippen LogP contribution in [-0.2, 0) is 0 Å². The van der Waals surface area contributed by atoms with Crippen LogP contribution in [0.15, 0.2) is 27.8 Å². The van der Waals surface area contributed by atoms with Crippen molar-refractivity contribution in [2.75, 3.05) is 0 Å². The predicted molar refractivity (Wildman–Crippen MR) is 80.9 cm³/mol. The molecule has 1 aliphatic rings. The Labute approximate surface area is 126 Å². The van der Waals surface area contributed by atoms with E-state index in [1.807, 2.05) is 25.1 Å². The van der Waals surface area contributed by atoms with Crippen LogP contribution in [0.25, 0.3) is 0 Å². The van der Waals surface area contributed by atoms with Gasteiger partial charge in [-0.2, -0.15) is 0 Å². The van der Waals surface area contributed by atoms with Crippen molar-refractivity contribution >= 4 is 27.7 Å². The fraction of sp³-hybridized carbons (Fsp3) is 0.429. The van der Waals surface area contributed by atoms with Crippen molar-refractivity contribution in [3.8, 4) is 0 Å². The Bertz CT molecular complexity index is 545. The lowest BCUT2D eigenvalue weighted by atomic mass is 10.0. The Morgan fingerprint density at radius 3 is 2.95 bits per heavy atom. The molecule has 0 heterocycles. The topological polar surface area (TPSA) is 87.7 Å². The van der Waals surface area contributed by atoms with Gasteiger partial charge in [0.15, 0.2) is 0 Å². The zero-order valence-electron chi connectivity index (χ0n) is 11.3. The summed E-state index contributed by atoms with van der Waals surface area (Å²) >= 11 is 3.39. The summed E-state index contributed by atoms with van der Waals surface area (Å²) in [5.74, 6) is -0.0353. The van der Waals surface area contributed by atoms with Gasteiger partial charge in [-0.3, -0.25) is 4.79 Å². The van der Waals surface area contributed by atoms with E-state index in [1.54, 1.807) is 0 Å². The number of amidine groups is 1. The fourth-order valence-electron chi connectivity index (χ4n) is 2.62. The minimum atomic E-state index is -0.136. The van der Waals surface area contributed by atoms with Crippen LogP contribution < -0.4 is 11.1 Å². The van der Waals surface area contributed by atoms with Gasteiger partial charge >= 0.3 is 0 Å². The van der Waals surface area contributed by atoms with Crippen LogP contribution in [0.4, 0.5) is 0 Å². The first kappa shape index (κ1) is 14.8. The number of nitrogens with zero attached hydrogens (tertiary/aromatic N) is 1. The molecule has 108 valence electrons. The Balaban J connectivity index is 2.13. The molecule has 0 spiro atoms. The standard InChI is InChI=1S/C14H18BrN3O2/c1-8-5-6-11(15)10(7-8)14(19)17-12-4-2-3-9(12)13(16)18-20/h5-7,9,12,20H,2-4H2,1H3,(H2,16,18)(H,17,19). The molecule has 0 bridgehead atoms. The van der Waals surface area contributed by atoms with E-state index in [2.05, 4.69) is 26.4 Å². The molecule has 5 nitrogen and oxygen atoms in total. The smallest absolute Gasteiger partial charge is 0.252 e. The lowest BCUT2D eigenvalue weighted by Crippen LogP contribution is -2.42. The molecule has 1 fully saturated rings. The second-order valence-corrected chi connectivity index (χ2v) is 5.98. The number of hydrogen-bond donors (Lipinski definition) is 3. The molecular weight excluding hydrogens is 322 g/mol. The van der Waals surface area contributed by atoms with Gasteiger partial charge in [0, 0.05) is 16.4 Å². The second kappa shape index (κ2) is 6.26. The maximum absolute atomic E-state index is 12.3. The summed E-state index contributed by atoms with van der Waals surface area (Å²) in [7, 11) is 0. The van der Waals surface area contributed by atoms with E-state index < -0.39 is 0 Å². The van der Waals surface area contributed by atoms with Crippen molar-refractivity contribution in [2.24, 2.45) is 16.8 Å². The van der Waals surface area contributed by atoms with Crippen molar-refractivity contribution in [3.05, 3.63) is 33.8 Å². The first-order chi connectivity index (χ1) is 9.52. The molecule has 20 heavy (non-hydrogen) atoms. The van der Waals surface area contributed by atoms with Crippen LogP contribution in [-0.4, -0.2) is 23.0 Å². The molecule has 0 aromatic heterocycles. The number of rotatable bonds is 3. The molecule has 0 radical (unpaired) electrons. The average Bonchev–Trinajstić information content (AvgIpc) is 2.88. The molecule has 4 N–H and O–H groups in total. The third-order valence-electron chi connectivity index (χ3n) is 3.69. The van der Waals surface area contributed by atoms with Crippen molar-refractivity contribution < 1.29 is 10.0 Å². The van der Waals surface area contributed by atoms with Gasteiger partial charge in [0.05, 0.1) is 5.56 Å². The van der Waals surface area contributed by atoms with Gasteiger partial charge in [-0.25, -0.2) is 0 Å². The van der Waals surface area contributed by atoms with Crippen molar-refractivity contribution in [1.82, 2.24) is 5.32 Å². The Morgan fingerprint density at radius 2 is 2.25 bits per heavy atom. The number of nitrogens with two attached hydrogens (primary N) is 1. The van der Waals surface area contributed by atoms with E-state index in [9.17, 15) is 4.79 Å². The molecule has 0 aliphatic heterocycles. The highest BCUT2D eigenvalue weighted by Crippen LogP contribution is 2.27. The summed E-state index contributed by atoms with van der Waals surface area (Å²) in [5, 5.41) is 14.8. The predicted octanol–water partition coefficient (Wildman–Crippen LogP) is 2.40. The van der Waals surface area contributed by atoms with E-state index in [0.29, 0.717) is 5.56 Å². The molecule has 6 heteroatoms. The second-order valence-electron chi connectivity index (χ2n) is 5.13. The molecule has 2 rings (SSSR count). The third kappa shape index (κ3) is 3.12. The van der Waals surface area contributed by atoms with Gasteiger partial charge in [0.25, 0.3) is 5.91 Å². The molecule has 1 aromatic carbocycles. The Kier molecular flexibility index (Phi) is 4.65. The van der Waals surface area contributed by atoms with E-state index in [-0.39, 0.29) is 23.7 Å². The van der Waals surface area contributed by atoms with E-state index in [0.717, 1.165) is 29.3 Å². The van der Waals surface area contributed by atoms with Crippen LogP contribution in [0, 0.1) is 12.8 Å². The number of aryl methyl sites for hydroxylation is 1. The van der Waals surface area contributed by atoms with Crippen molar-refractivity contribution in [2.45, 2.75) is 32.2 Å². The quantitative estimate of drug-likeness (QED) is 0.342. The van der Waals surface area contributed by atoms with Crippen molar-refractivity contribution in [3.63, 3.8) is 0 Å². The van der Waals surface area contributed by atoms with Crippen LogP contribution in [0.5, 0.6) is 0 Å². The molecular formula is C14H18BrN3O2. The normalized spacial score (nSPS) is 22.8. The van der Waals surface area contributed by atoms with Crippen molar-refractivity contribution in [1.29, 1.82) is 0 Å². The summed E-state index contributed by atoms with van der Waals surface area (Å²) in [6.45, 7) is 1.94. The monoisotopic (exact) mass is 339 g/mol. The summed E-state index contributed by atoms with van der Waals surface area (Å²) in [6.07, 6.45) is 2.63. The Morgan fingerprint density at radius 1 is 1.50 bits per heavy atom. The highest BCUT2D eigenvalue weighted by atomic mass is 79.9. The first-order valence-corrected chi connectivity index (χ1v) is 7.36. The summed E-state index contributed by atoms with van der Waals surface area (Å²) in [4.78, 5) is 12.3. The van der Waals surface area contributed by atoms with E-state index in [4.69, 9.17) is 10.9 Å². The average molecular weight is 340 g/mol. The number of hydrogen-bond acceptors (Lipinski definition) is 3. The number of nitrogens with one attached hydrogen (secondary N) is 1. The van der Waals surface area contributed by atoms with E-state index in [1.165, 1.54) is 0 Å². The third-order valence-corrected chi connectivity index (χ3v) is 4.39. The first-order valence-electron chi connectivity index (χ1n) is 6.57. The highest BCUT2D eigenvalue weighted by Gasteiger charge is 2.32. The molecule has 1 aromatic rings. The SMILES string of the molecule is Cc1ccc(Br)c(C(=O)NC2CCCC2/C(N)=N/O)c1. The molecule has 2 unspecified atom stereocenters. The molecule has 1 amide bonds. The minimum absolute atomic E-state index is 0.0780. The Hall–Kier alpha value is -1.56. The molecule has 1 aliphatic carbocycles. The maximum atomic E-state index is 12.3. The summed E-state index contributed by atoms with van der Waals surface area (Å²) < 4.78 is 0.763. The largest absolute Gasteiger partial charge is 0.409 e. The van der Waals surface area contributed by atoms with Gasteiger partial charge in [0.2, 0.25) is 0 Å². The minimum Gasteiger partial charge on any atom is -0.409 e. The number of benzene rings is 1. The fourth-order valence-corrected chi connectivity index (χ4v) is 3.05. The molecule has 1 saturated carbocycles. The lowest BCUT2D eigenvalue weighted by Gasteiger charge is -2.20. The van der Waals surface area contributed by atoms with Gasteiger partial charge in [-0.1, -0.05) is 23.2 Å². The van der Waals surface area contributed by atoms with Gasteiger partial charge in [-0.15, -0.1) is 0 Å².